The van der Waals surface area contributed by atoms with Crippen molar-refractivity contribution in [2.24, 2.45) is 16.7 Å². The number of nitrogens with one attached hydrogen (secondary N) is 1. The highest BCUT2D eigenvalue weighted by Crippen LogP contribution is 2.63. The molecule has 2 heterocycles. The molecule has 0 unspecified atom stereocenters. The number of amides is 1. The lowest BCUT2D eigenvalue weighted by atomic mass is 9.57. The molecule has 0 bridgehead atoms. The van der Waals surface area contributed by atoms with Crippen molar-refractivity contribution in [3.63, 3.8) is 0 Å². The van der Waals surface area contributed by atoms with Gasteiger partial charge >= 0.3 is 0 Å². The number of aliphatic hydroxyl groups is 1. The van der Waals surface area contributed by atoms with E-state index < -0.39 is 5.60 Å². The van der Waals surface area contributed by atoms with E-state index in [9.17, 15) is 9.90 Å². The molecular formula is C25H39N3O3. The summed E-state index contributed by atoms with van der Waals surface area (Å²) >= 11 is 0. The van der Waals surface area contributed by atoms with Gasteiger partial charge in [-0.25, -0.2) is 0 Å². The van der Waals surface area contributed by atoms with Crippen LogP contribution in [0.2, 0.25) is 0 Å². The van der Waals surface area contributed by atoms with Crippen molar-refractivity contribution in [3.8, 4) is 0 Å². The fourth-order valence-corrected chi connectivity index (χ4v) is 6.55. The first-order valence-electron chi connectivity index (χ1n) is 11.9. The maximum Gasteiger partial charge on any atom is 0.222 e. The van der Waals surface area contributed by atoms with E-state index >= 15 is 0 Å². The van der Waals surface area contributed by atoms with Crippen LogP contribution < -0.4 is 5.32 Å². The van der Waals surface area contributed by atoms with Crippen LogP contribution in [0.25, 0.3) is 0 Å². The molecule has 2 aliphatic carbocycles. The summed E-state index contributed by atoms with van der Waals surface area (Å²) < 4.78 is 5.42. The Morgan fingerprint density at radius 3 is 2.71 bits per heavy atom. The predicted molar refractivity (Wildman–Crippen MR) is 120 cm³/mol. The Bertz CT molecular complexity index is 761. The Hall–Kier alpha value is -1.50. The van der Waals surface area contributed by atoms with E-state index in [-0.39, 0.29) is 16.7 Å². The third kappa shape index (κ3) is 4.81. The van der Waals surface area contributed by atoms with E-state index in [0.717, 1.165) is 44.3 Å². The molecule has 1 aliphatic heterocycles. The zero-order valence-electron chi connectivity index (χ0n) is 19.4. The number of ether oxygens (including phenoxy) is 1. The second-order valence-electron chi connectivity index (χ2n) is 10.9. The highest BCUT2D eigenvalue weighted by molar-refractivity contribution is 5.76. The molecule has 0 aromatic carbocycles. The van der Waals surface area contributed by atoms with Crippen molar-refractivity contribution >= 4 is 5.91 Å². The number of fused-ring (bicyclic) bond motifs is 1. The summed E-state index contributed by atoms with van der Waals surface area (Å²) in [7, 11) is 0. The molecule has 1 saturated heterocycles. The molecule has 3 fully saturated rings. The summed E-state index contributed by atoms with van der Waals surface area (Å²) in [5.74, 6) is 0.643. The molecule has 2 saturated carbocycles. The van der Waals surface area contributed by atoms with Crippen LogP contribution in [0.4, 0.5) is 0 Å². The van der Waals surface area contributed by atoms with E-state index in [1.54, 1.807) is 0 Å². The topological polar surface area (TPSA) is 74.7 Å². The Morgan fingerprint density at radius 2 is 2.00 bits per heavy atom. The smallest absolute Gasteiger partial charge is 0.222 e. The van der Waals surface area contributed by atoms with Crippen LogP contribution in [0.15, 0.2) is 24.4 Å². The van der Waals surface area contributed by atoms with Crippen LogP contribution in [0.1, 0.15) is 65.0 Å². The second kappa shape index (κ2) is 8.80. The van der Waals surface area contributed by atoms with Gasteiger partial charge in [-0.1, -0.05) is 19.9 Å². The highest BCUT2D eigenvalue weighted by atomic mass is 16.5. The third-order valence-electron chi connectivity index (χ3n) is 8.26. The first-order valence-corrected chi connectivity index (χ1v) is 11.9. The number of carbonyl (C=O) groups excluding carboxylic acids is 1. The predicted octanol–water partition coefficient (Wildman–Crippen LogP) is 3.15. The Labute approximate surface area is 186 Å². The number of rotatable bonds is 6. The van der Waals surface area contributed by atoms with Crippen LogP contribution in [-0.4, -0.2) is 58.8 Å². The summed E-state index contributed by atoms with van der Waals surface area (Å²) in [4.78, 5) is 19.4. The van der Waals surface area contributed by atoms with Crippen molar-refractivity contribution in [1.29, 1.82) is 0 Å². The maximum atomic E-state index is 13.0. The zero-order valence-corrected chi connectivity index (χ0v) is 19.4. The van der Waals surface area contributed by atoms with Gasteiger partial charge in [0.05, 0.1) is 24.5 Å². The van der Waals surface area contributed by atoms with Gasteiger partial charge in [0, 0.05) is 38.3 Å². The summed E-state index contributed by atoms with van der Waals surface area (Å²) in [6.45, 7) is 10.1. The zero-order chi connectivity index (χ0) is 22.1. The number of hydrogen-bond acceptors (Lipinski definition) is 5. The number of aromatic nitrogens is 1. The second-order valence-corrected chi connectivity index (χ2v) is 10.9. The molecule has 4 atom stereocenters. The minimum absolute atomic E-state index is 0.0302. The van der Waals surface area contributed by atoms with Crippen LogP contribution in [0.5, 0.6) is 0 Å². The number of carbonyl (C=O) groups is 1. The molecule has 1 aromatic heterocycles. The monoisotopic (exact) mass is 429 g/mol. The summed E-state index contributed by atoms with van der Waals surface area (Å²) in [6.07, 6.45) is 6.94. The summed E-state index contributed by atoms with van der Waals surface area (Å²) in [5.41, 5.74) is 0.581. The van der Waals surface area contributed by atoms with Gasteiger partial charge in [-0.05, 0) is 67.9 Å². The van der Waals surface area contributed by atoms with Gasteiger partial charge in [-0.15, -0.1) is 0 Å². The molecule has 1 amide bonds. The minimum atomic E-state index is -0.616. The fraction of sp³-hybridized carbons (Fsp3) is 0.760. The van der Waals surface area contributed by atoms with Gasteiger partial charge in [0.2, 0.25) is 5.91 Å². The Morgan fingerprint density at radius 1 is 1.23 bits per heavy atom. The molecule has 31 heavy (non-hydrogen) atoms. The van der Waals surface area contributed by atoms with Crippen LogP contribution in [0, 0.1) is 16.7 Å². The summed E-state index contributed by atoms with van der Waals surface area (Å²) in [6, 6.07) is 6.36. The minimum Gasteiger partial charge on any atom is -0.390 e. The standard InChI is InChI=1S/C25H39N3O3/c1-23(2)17-21(27-18-19-6-4-5-11-26-19)25(10-9-24(3,30)16-20(23)25)8-7-22(29)28-12-14-31-15-13-28/h4-6,11,20-21,27,30H,7-10,12-18H2,1-3H3/t20-,21-,24-,25-/m0/s1. The van der Waals surface area contributed by atoms with Crippen molar-refractivity contribution in [1.82, 2.24) is 15.2 Å². The van der Waals surface area contributed by atoms with Gasteiger partial charge < -0.3 is 20.1 Å². The van der Waals surface area contributed by atoms with Crippen LogP contribution >= 0.6 is 0 Å². The molecule has 0 spiro atoms. The molecule has 1 aromatic rings. The Kier molecular flexibility index (Phi) is 6.44. The van der Waals surface area contributed by atoms with E-state index in [2.05, 4.69) is 30.2 Å². The lowest BCUT2D eigenvalue weighted by molar-refractivity contribution is -0.137. The van der Waals surface area contributed by atoms with Gasteiger partial charge in [-0.3, -0.25) is 9.78 Å². The maximum absolute atomic E-state index is 13.0. The normalized spacial score (nSPS) is 35.0. The number of morpholine rings is 1. The van der Waals surface area contributed by atoms with E-state index in [4.69, 9.17) is 4.74 Å². The lowest BCUT2D eigenvalue weighted by Gasteiger charge is -2.51. The van der Waals surface area contributed by atoms with Gasteiger partial charge in [0.15, 0.2) is 0 Å². The highest BCUT2D eigenvalue weighted by Gasteiger charge is 2.61. The molecule has 6 heteroatoms. The molecule has 3 aliphatic rings. The first-order chi connectivity index (χ1) is 14.7. The van der Waals surface area contributed by atoms with Crippen molar-refractivity contribution in [3.05, 3.63) is 30.1 Å². The molecule has 172 valence electrons. The first kappa shape index (κ1) is 22.7. The molecule has 0 radical (unpaired) electrons. The fourth-order valence-electron chi connectivity index (χ4n) is 6.55. The van der Waals surface area contributed by atoms with E-state index in [1.807, 2.05) is 30.2 Å². The van der Waals surface area contributed by atoms with E-state index in [1.165, 1.54) is 0 Å². The largest absolute Gasteiger partial charge is 0.390 e. The molecule has 4 rings (SSSR count). The number of pyridine rings is 1. The lowest BCUT2D eigenvalue weighted by Crippen LogP contribution is -2.52. The average molecular weight is 430 g/mol. The van der Waals surface area contributed by atoms with E-state index in [0.29, 0.717) is 44.7 Å². The Balaban J connectivity index is 1.53. The van der Waals surface area contributed by atoms with Gasteiger partial charge in [0.1, 0.15) is 0 Å². The van der Waals surface area contributed by atoms with Gasteiger partial charge in [-0.2, -0.15) is 0 Å². The van der Waals surface area contributed by atoms with Crippen molar-refractivity contribution in [2.45, 2.75) is 77.5 Å². The number of nitrogens with zero attached hydrogens (tertiary/aromatic N) is 2. The third-order valence-corrected chi connectivity index (χ3v) is 8.26. The molecule has 2 N–H and O–H groups in total. The molecular weight excluding hydrogens is 390 g/mol. The van der Waals surface area contributed by atoms with Crippen molar-refractivity contribution < 1.29 is 14.6 Å². The SMILES string of the molecule is CC1(C)C[C@H](NCc2ccccn2)[C@@]2(CCC(=O)N3CCOCC3)CC[C@](C)(O)C[C@@H]12. The van der Waals surface area contributed by atoms with Gasteiger partial charge in [0.25, 0.3) is 0 Å². The molecule has 6 nitrogen and oxygen atoms in total. The summed E-state index contributed by atoms with van der Waals surface area (Å²) in [5, 5.41) is 14.8. The quantitative estimate of drug-likeness (QED) is 0.727. The van der Waals surface area contributed by atoms with Crippen LogP contribution in [0.3, 0.4) is 0 Å². The van der Waals surface area contributed by atoms with Crippen molar-refractivity contribution in [2.75, 3.05) is 26.3 Å². The van der Waals surface area contributed by atoms with Crippen LogP contribution in [-0.2, 0) is 16.1 Å². The number of hydrogen-bond donors (Lipinski definition) is 2. The average Bonchev–Trinajstić information content (AvgIpc) is 2.98.